The molecule has 2 fully saturated rings. The molecule has 0 radical (unpaired) electrons. The topological polar surface area (TPSA) is 52.4 Å². The molecule has 2 saturated heterocycles. The summed E-state index contributed by atoms with van der Waals surface area (Å²) in [6.45, 7) is 5.50. The maximum Gasteiger partial charge on any atom is 0.150 e. The largest absolute Gasteiger partial charge is 0.377 e. The molecule has 2 aromatic rings. The molecule has 2 aliphatic rings. The predicted octanol–water partition coefficient (Wildman–Crippen LogP) is 2.93. The van der Waals surface area contributed by atoms with Crippen LogP contribution in [0.25, 0.3) is 11.4 Å². The van der Waals surface area contributed by atoms with Crippen molar-refractivity contribution in [3.63, 3.8) is 0 Å². The van der Waals surface area contributed by atoms with Gasteiger partial charge in [0.1, 0.15) is 10.7 Å². The van der Waals surface area contributed by atoms with Crippen molar-refractivity contribution in [3.8, 4) is 11.4 Å². The van der Waals surface area contributed by atoms with E-state index in [1.54, 1.807) is 11.5 Å². The van der Waals surface area contributed by atoms with E-state index >= 15 is 0 Å². The van der Waals surface area contributed by atoms with E-state index in [4.69, 9.17) is 9.47 Å². The number of morpholine rings is 1. The number of hydrogen-bond acceptors (Lipinski definition) is 6. The summed E-state index contributed by atoms with van der Waals surface area (Å²) in [5, 5.41) is 5.68. The summed E-state index contributed by atoms with van der Waals surface area (Å²) in [6, 6.07) is 4.59. The molecule has 2 aliphatic heterocycles. The lowest BCUT2D eigenvalue weighted by Gasteiger charge is -2.33. The van der Waals surface area contributed by atoms with Crippen LogP contribution in [0.5, 0.6) is 0 Å². The van der Waals surface area contributed by atoms with Gasteiger partial charge in [0.25, 0.3) is 0 Å². The molecule has 23 heavy (non-hydrogen) atoms. The fourth-order valence-corrected chi connectivity index (χ4v) is 4.12. The maximum absolute atomic E-state index is 5.87. The zero-order valence-electron chi connectivity index (χ0n) is 13.4. The standard InChI is InChI=1S/C16H22N4O2S/c1-12-11-21-9-7-19(12)16-10-13(18-23-16)14-5-6-17-20(14)15-4-2-3-8-22-15/h5-6,10,12,15H,2-4,7-9,11H2,1H3. The molecule has 0 N–H and O–H groups in total. The first-order valence-electron chi connectivity index (χ1n) is 8.29. The molecular formula is C16H22N4O2S. The monoisotopic (exact) mass is 334 g/mol. The van der Waals surface area contributed by atoms with Gasteiger partial charge in [-0.05, 0) is 43.8 Å². The van der Waals surface area contributed by atoms with Gasteiger partial charge in [-0.25, -0.2) is 4.68 Å². The average molecular weight is 334 g/mol. The first-order valence-corrected chi connectivity index (χ1v) is 9.07. The van der Waals surface area contributed by atoms with E-state index in [2.05, 4.69) is 27.4 Å². The van der Waals surface area contributed by atoms with Gasteiger partial charge < -0.3 is 14.4 Å². The van der Waals surface area contributed by atoms with Gasteiger partial charge >= 0.3 is 0 Å². The van der Waals surface area contributed by atoms with Crippen molar-refractivity contribution in [1.82, 2.24) is 14.2 Å². The normalized spacial score (nSPS) is 25.7. The highest BCUT2D eigenvalue weighted by Crippen LogP contribution is 2.32. The fraction of sp³-hybridized carbons (Fsp3) is 0.625. The van der Waals surface area contributed by atoms with E-state index in [9.17, 15) is 0 Å². The van der Waals surface area contributed by atoms with Crippen LogP contribution in [0.1, 0.15) is 32.4 Å². The van der Waals surface area contributed by atoms with Gasteiger partial charge in [-0.15, -0.1) is 0 Å². The predicted molar refractivity (Wildman–Crippen MR) is 89.8 cm³/mol. The van der Waals surface area contributed by atoms with Crippen LogP contribution < -0.4 is 4.90 Å². The summed E-state index contributed by atoms with van der Waals surface area (Å²) >= 11 is 1.55. The van der Waals surface area contributed by atoms with Crippen LogP contribution in [0.15, 0.2) is 18.3 Å². The number of ether oxygens (including phenoxy) is 2. The maximum atomic E-state index is 5.87. The summed E-state index contributed by atoms with van der Waals surface area (Å²) in [5.41, 5.74) is 2.02. The number of nitrogens with zero attached hydrogens (tertiary/aromatic N) is 4. The minimum atomic E-state index is 0.0428. The lowest BCUT2D eigenvalue weighted by molar-refractivity contribution is -0.0384. The van der Waals surface area contributed by atoms with Gasteiger partial charge in [0.2, 0.25) is 0 Å². The average Bonchev–Trinajstić information content (AvgIpc) is 3.25. The highest BCUT2D eigenvalue weighted by molar-refractivity contribution is 7.10. The smallest absolute Gasteiger partial charge is 0.150 e. The highest BCUT2D eigenvalue weighted by Gasteiger charge is 2.24. The molecule has 4 heterocycles. The van der Waals surface area contributed by atoms with Gasteiger partial charge in [0.15, 0.2) is 6.23 Å². The molecule has 0 spiro atoms. The summed E-state index contributed by atoms with van der Waals surface area (Å²) < 4.78 is 18.1. The molecule has 0 aliphatic carbocycles. The third kappa shape index (κ3) is 3.00. The van der Waals surface area contributed by atoms with Crippen LogP contribution in [0, 0.1) is 0 Å². The van der Waals surface area contributed by atoms with Crippen LogP contribution in [0.3, 0.4) is 0 Å². The highest BCUT2D eigenvalue weighted by atomic mass is 32.1. The van der Waals surface area contributed by atoms with Gasteiger partial charge in [-0.2, -0.15) is 9.47 Å². The Morgan fingerprint density at radius 2 is 2.26 bits per heavy atom. The van der Waals surface area contributed by atoms with Crippen LogP contribution in [0.2, 0.25) is 0 Å². The number of hydrogen-bond donors (Lipinski definition) is 0. The van der Waals surface area contributed by atoms with Crippen molar-refractivity contribution in [1.29, 1.82) is 0 Å². The molecule has 0 aromatic carbocycles. The number of anilines is 1. The Morgan fingerprint density at radius 3 is 3.09 bits per heavy atom. The third-order valence-corrected chi connectivity index (χ3v) is 5.34. The molecular weight excluding hydrogens is 312 g/mol. The molecule has 4 rings (SSSR count). The Kier molecular flexibility index (Phi) is 4.33. The minimum absolute atomic E-state index is 0.0428. The molecule has 7 heteroatoms. The molecule has 0 amide bonds. The van der Waals surface area contributed by atoms with Gasteiger partial charge in [0, 0.05) is 25.4 Å². The van der Waals surface area contributed by atoms with E-state index in [0.717, 1.165) is 50.6 Å². The lowest BCUT2D eigenvalue weighted by atomic mass is 10.2. The molecule has 124 valence electrons. The van der Waals surface area contributed by atoms with Crippen molar-refractivity contribution in [3.05, 3.63) is 18.3 Å². The van der Waals surface area contributed by atoms with E-state index in [-0.39, 0.29) is 6.23 Å². The summed E-state index contributed by atoms with van der Waals surface area (Å²) in [7, 11) is 0. The zero-order valence-corrected chi connectivity index (χ0v) is 14.2. The second-order valence-electron chi connectivity index (χ2n) is 6.15. The first-order chi connectivity index (χ1) is 11.3. The van der Waals surface area contributed by atoms with Crippen LogP contribution >= 0.6 is 11.5 Å². The Bertz CT molecular complexity index is 650. The number of rotatable bonds is 3. The van der Waals surface area contributed by atoms with Gasteiger partial charge in [-0.3, -0.25) is 0 Å². The lowest BCUT2D eigenvalue weighted by Crippen LogP contribution is -2.43. The van der Waals surface area contributed by atoms with E-state index in [0.29, 0.717) is 6.04 Å². The summed E-state index contributed by atoms with van der Waals surface area (Å²) in [5.74, 6) is 0. The van der Waals surface area contributed by atoms with E-state index < -0.39 is 0 Å². The molecule has 0 saturated carbocycles. The van der Waals surface area contributed by atoms with Gasteiger partial charge in [-0.1, -0.05) is 0 Å². The van der Waals surface area contributed by atoms with Crippen molar-refractivity contribution in [2.45, 2.75) is 38.5 Å². The van der Waals surface area contributed by atoms with E-state index in [1.807, 2.05) is 16.9 Å². The van der Waals surface area contributed by atoms with Crippen molar-refractivity contribution < 1.29 is 9.47 Å². The SMILES string of the molecule is CC1COCCN1c1cc(-c2ccnn2C2CCCCO2)ns1. The van der Waals surface area contributed by atoms with Crippen molar-refractivity contribution >= 4 is 16.5 Å². The van der Waals surface area contributed by atoms with Crippen molar-refractivity contribution in [2.75, 3.05) is 31.3 Å². The second-order valence-corrected chi connectivity index (χ2v) is 6.93. The Balaban J connectivity index is 1.58. The van der Waals surface area contributed by atoms with Crippen LogP contribution in [0.4, 0.5) is 5.00 Å². The quantitative estimate of drug-likeness (QED) is 0.864. The fourth-order valence-electron chi connectivity index (χ4n) is 3.24. The zero-order chi connectivity index (χ0) is 15.6. The summed E-state index contributed by atoms with van der Waals surface area (Å²) in [4.78, 5) is 2.38. The summed E-state index contributed by atoms with van der Waals surface area (Å²) in [6.07, 6.45) is 5.23. The van der Waals surface area contributed by atoms with Crippen LogP contribution in [-0.2, 0) is 9.47 Å². The molecule has 0 bridgehead atoms. The minimum Gasteiger partial charge on any atom is -0.377 e. The Hall–Kier alpha value is -1.44. The first kappa shape index (κ1) is 15.1. The molecule has 2 unspecified atom stereocenters. The van der Waals surface area contributed by atoms with Crippen molar-refractivity contribution in [2.24, 2.45) is 0 Å². The Labute approximate surface area is 140 Å². The molecule has 6 nitrogen and oxygen atoms in total. The molecule has 2 atom stereocenters. The molecule has 2 aromatic heterocycles. The Morgan fingerprint density at radius 1 is 1.30 bits per heavy atom. The second kappa shape index (κ2) is 6.59. The van der Waals surface area contributed by atoms with E-state index in [1.165, 1.54) is 11.4 Å². The number of aromatic nitrogens is 3. The van der Waals surface area contributed by atoms with Gasteiger partial charge in [0.05, 0.1) is 24.9 Å². The van der Waals surface area contributed by atoms with Crippen LogP contribution in [-0.4, -0.2) is 46.6 Å². The third-order valence-electron chi connectivity index (χ3n) is 4.51.